The van der Waals surface area contributed by atoms with Gasteiger partial charge in [-0.15, -0.1) is 0 Å². The third-order valence-corrected chi connectivity index (χ3v) is 5.94. The number of amides is 1. The number of aromatic nitrogens is 1. The number of carbonyl (C=O) groups excluding carboxylic acids is 2. The van der Waals surface area contributed by atoms with Crippen molar-refractivity contribution in [2.24, 2.45) is 0 Å². The summed E-state index contributed by atoms with van der Waals surface area (Å²) in [4.78, 5) is 30.2. The molecule has 1 amide bonds. The fraction of sp³-hybridized carbons (Fsp3) is 0.375. The smallest absolute Gasteiger partial charge is 0.308 e. The Morgan fingerprint density at radius 1 is 1.06 bits per heavy atom. The molecule has 1 aliphatic rings. The van der Waals surface area contributed by atoms with Gasteiger partial charge in [-0.3, -0.25) is 9.59 Å². The van der Waals surface area contributed by atoms with E-state index in [1.807, 2.05) is 24.3 Å². The van der Waals surface area contributed by atoms with E-state index in [-0.39, 0.29) is 18.7 Å². The lowest BCUT2D eigenvalue weighted by Crippen LogP contribution is -2.28. The van der Waals surface area contributed by atoms with Gasteiger partial charge in [0.1, 0.15) is 5.82 Å². The van der Waals surface area contributed by atoms with Crippen molar-refractivity contribution in [1.29, 1.82) is 0 Å². The molecule has 8 heteroatoms. The second-order valence-electron chi connectivity index (χ2n) is 7.37. The number of carbonyl (C=O) groups is 2. The molecule has 3 rings (SSSR count). The second-order valence-corrected chi connectivity index (χ2v) is 8.54. The molecule has 2 heterocycles. The van der Waals surface area contributed by atoms with Crippen molar-refractivity contribution in [3.8, 4) is 0 Å². The van der Waals surface area contributed by atoms with Gasteiger partial charge in [0, 0.05) is 30.1 Å². The molecule has 170 valence electrons. The van der Waals surface area contributed by atoms with Crippen molar-refractivity contribution in [2.75, 3.05) is 19.2 Å². The zero-order valence-corrected chi connectivity index (χ0v) is 19.3. The minimum absolute atomic E-state index is 0.254. The Balaban J connectivity index is 1.70. The number of pyridine rings is 1. The summed E-state index contributed by atoms with van der Waals surface area (Å²) in [7, 11) is 1.79. The molecule has 0 fully saturated rings. The number of rotatable bonds is 11. The van der Waals surface area contributed by atoms with Crippen molar-refractivity contribution >= 4 is 35.4 Å². The van der Waals surface area contributed by atoms with Crippen LogP contribution in [0.25, 0.3) is 5.76 Å². The van der Waals surface area contributed by atoms with E-state index in [4.69, 9.17) is 9.47 Å². The Labute approximate surface area is 193 Å². The van der Waals surface area contributed by atoms with Crippen LogP contribution in [0.5, 0.6) is 0 Å². The highest BCUT2D eigenvalue weighted by atomic mass is 32.2. The fourth-order valence-electron chi connectivity index (χ4n) is 3.30. The number of unbranched alkanes of at least 4 members (excludes halogenated alkanes) is 4. The van der Waals surface area contributed by atoms with E-state index >= 15 is 0 Å². The Hall–Kier alpha value is -3.00. The Kier molecular flexibility index (Phi) is 8.98. The fourth-order valence-corrected chi connectivity index (χ4v) is 4.25. The third-order valence-electron chi connectivity index (χ3n) is 4.93. The van der Waals surface area contributed by atoms with Crippen LogP contribution in [0.4, 0.5) is 5.82 Å². The summed E-state index contributed by atoms with van der Waals surface area (Å²) >= 11 is 1.43. The summed E-state index contributed by atoms with van der Waals surface area (Å²) in [5.41, 5.74) is 1.10. The van der Waals surface area contributed by atoms with Gasteiger partial charge in [-0.25, -0.2) is 4.98 Å². The van der Waals surface area contributed by atoms with Crippen molar-refractivity contribution in [3.63, 3.8) is 0 Å². The lowest BCUT2D eigenvalue weighted by molar-refractivity contribution is -0.151. The number of ether oxygens (including phenoxy) is 2. The maximum Gasteiger partial charge on any atom is 0.308 e. The average Bonchev–Trinajstić information content (AvgIpc) is 2.79. The van der Waals surface area contributed by atoms with Gasteiger partial charge in [-0.1, -0.05) is 50.8 Å². The predicted octanol–water partition coefficient (Wildman–Crippen LogP) is 5.22. The highest BCUT2D eigenvalue weighted by Crippen LogP contribution is 2.40. The van der Waals surface area contributed by atoms with Crippen LogP contribution in [0.1, 0.15) is 51.0 Å². The molecule has 1 aromatic heterocycles. The van der Waals surface area contributed by atoms with Crippen LogP contribution in [-0.4, -0.2) is 35.0 Å². The molecular formula is C24H29N3O4S. The molecule has 2 aromatic rings. The number of nitrogens with one attached hydrogen (secondary N) is 1. The molecule has 0 spiro atoms. The lowest BCUT2D eigenvalue weighted by Gasteiger charge is -2.29. The molecule has 0 saturated carbocycles. The molecule has 0 radical (unpaired) electrons. The van der Waals surface area contributed by atoms with Crippen molar-refractivity contribution in [2.45, 2.75) is 50.3 Å². The Bertz CT molecular complexity index is 949. The molecule has 0 atom stereocenters. The van der Waals surface area contributed by atoms with Crippen LogP contribution >= 0.6 is 11.9 Å². The summed E-state index contributed by atoms with van der Waals surface area (Å²) in [6.07, 6.45) is 7.27. The number of esters is 1. The van der Waals surface area contributed by atoms with Crippen molar-refractivity contribution in [3.05, 3.63) is 59.9 Å². The number of anilines is 1. The van der Waals surface area contributed by atoms with E-state index in [0.29, 0.717) is 23.7 Å². The van der Waals surface area contributed by atoms with Gasteiger partial charge >= 0.3 is 5.97 Å². The number of fused-ring (bicyclic) bond motifs is 1. The summed E-state index contributed by atoms with van der Waals surface area (Å²) in [5, 5.41) is 2.80. The molecule has 0 aliphatic carbocycles. The first kappa shape index (κ1) is 23.7. The first-order chi connectivity index (χ1) is 15.6. The maximum absolute atomic E-state index is 13.1. The minimum Gasteiger partial charge on any atom is -0.454 e. The summed E-state index contributed by atoms with van der Waals surface area (Å²) < 4.78 is 12.9. The number of nitrogens with zero attached hydrogens (tertiary/aromatic N) is 2. The standard InChI is InChI=1S/C24H29N3O4S/c1-3-4-5-6-7-15-21(28)30-17-31-23-18-12-8-9-13-19(18)32-27(2)22(23)24(29)26-20-14-10-11-16-25-20/h8-14,16H,3-7,15,17H2,1-2H3,(H,25,26,29). The molecule has 0 unspecified atom stereocenters. The van der Waals surface area contributed by atoms with Crippen LogP contribution in [0.15, 0.2) is 59.3 Å². The monoisotopic (exact) mass is 455 g/mol. The van der Waals surface area contributed by atoms with Crippen LogP contribution in [-0.2, 0) is 19.1 Å². The van der Waals surface area contributed by atoms with Crippen LogP contribution in [0, 0.1) is 0 Å². The highest BCUT2D eigenvalue weighted by molar-refractivity contribution is 7.97. The number of hydrogen-bond acceptors (Lipinski definition) is 7. The Morgan fingerprint density at radius 2 is 1.84 bits per heavy atom. The molecule has 1 aromatic carbocycles. The molecule has 1 N–H and O–H groups in total. The van der Waals surface area contributed by atoms with E-state index in [1.54, 1.807) is 35.7 Å². The number of benzene rings is 1. The van der Waals surface area contributed by atoms with E-state index in [1.165, 1.54) is 18.4 Å². The summed E-state index contributed by atoms with van der Waals surface area (Å²) in [6, 6.07) is 12.9. The van der Waals surface area contributed by atoms with Gasteiger partial charge in [-0.05, 0) is 42.6 Å². The summed E-state index contributed by atoms with van der Waals surface area (Å²) in [5.74, 6) is 0.154. The normalized spacial score (nSPS) is 12.9. The van der Waals surface area contributed by atoms with Crippen molar-refractivity contribution < 1.29 is 19.1 Å². The van der Waals surface area contributed by atoms with Crippen LogP contribution in [0.2, 0.25) is 0 Å². The quantitative estimate of drug-likeness (QED) is 0.215. The largest absolute Gasteiger partial charge is 0.454 e. The number of likely N-dealkylation sites (N-methyl/N-ethyl adjacent to an activating group) is 1. The maximum atomic E-state index is 13.1. The van der Waals surface area contributed by atoms with Gasteiger partial charge < -0.3 is 19.1 Å². The van der Waals surface area contributed by atoms with Gasteiger partial charge in [0.25, 0.3) is 5.91 Å². The predicted molar refractivity (Wildman–Crippen MR) is 125 cm³/mol. The highest BCUT2D eigenvalue weighted by Gasteiger charge is 2.30. The van der Waals surface area contributed by atoms with Crippen LogP contribution in [0.3, 0.4) is 0 Å². The molecule has 0 saturated heterocycles. The van der Waals surface area contributed by atoms with Gasteiger partial charge in [0.15, 0.2) is 11.5 Å². The molecule has 7 nitrogen and oxygen atoms in total. The SMILES string of the molecule is CCCCCCCC(=O)OCOC1=C(C(=O)Nc2ccccn2)N(C)Sc2ccccc21. The third kappa shape index (κ3) is 6.50. The topological polar surface area (TPSA) is 80.8 Å². The van der Waals surface area contributed by atoms with E-state index in [0.717, 1.165) is 36.1 Å². The molecule has 0 bridgehead atoms. The van der Waals surface area contributed by atoms with E-state index in [2.05, 4.69) is 17.2 Å². The van der Waals surface area contributed by atoms with Gasteiger partial charge in [0.2, 0.25) is 6.79 Å². The molecular weight excluding hydrogens is 426 g/mol. The van der Waals surface area contributed by atoms with Gasteiger partial charge in [-0.2, -0.15) is 0 Å². The zero-order valence-electron chi connectivity index (χ0n) is 18.5. The molecule has 1 aliphatic heterocycles. The zero-order chi connectivity index (χ0) is 22.8. The van der Waals surface area contributed by atoms with Gasteiger partial charge in [0.05, 0.1) is 0 Å². The summed E-state index contributed by atoms with van der Waals surface area (Å²) in [6.45, 7) is 1.90. The van der Waals surface area contributed by atoms with E-state index in [9.17, 15) is 9.59 Å². The van der Waals surface area contributed by atoms with Crippen molar-refractivity contribution in [1.82, 2.24) is 9.29 Å². The van der Waals surface area contributed by atoms with E-state index < -0.39 is 0 Å². The Morgan fingerprint density at radius 3 is 2.62 bits per heavy atom. The lowest BCUT2D eigenvalue weighted by atomic mass is 10.1. The number of hydrogen-bond donors (Lipinski definition) is 1. The first-order valence-corrected chi connectivity index (χ1v) is 11.6. The minimum atomic E-state index is -0.356. The second kappa shape index (κ2) is 12.1. The van der Waals surface area contributed by atoms with Crippen LogP contribution < -0.4 is 5.32 Å². The average molecular weight is 456 g/mol. The first-order valence-electron chi connectivity index (χ1n) is 10.9. The molecule has 32 heavy (non-hydrogen) atoms.